The molecule has 0 spiro atoms. The van der Waals surface area contributed by atoms with Gasteiger partial charge in [-0.3, -0.25) is 9.52 Å². The number of fused-ring (bicyclic) bond motifs is 1. The average Bonchev–Trinajstić information content (AvgIpc) is 3.34. The number of carbonyl (C=O) groups is 1. The molecule has 1 N–H and O–H groups in total. The van der Waals surface area contributed by atoms with Crippen molar-refractivity contribution in [3.05, 3.63) is 46.3 Å². The van der Waals surface area contributed by atoms with E-state index in [2.05, 4.69) is 4.72 Å². The summed E-state index contributed by atoms with van der Waals surface area (Å²) in [5.74, 6) is 0.422. The predicted octanol–water partition coefficient (Wildman–Crippen LogP) is 3.15. The number of amides is 1. The molecule has 2 aliphatic rings. The lowest BCUT2D eigenvalue weighted by Gasteiger charge is -2.26. The fourth-order valence-corrected chi connectivity index (χ4v) is 5.64. The first kappa shape index (κ1) is 16.6. The summed E-state index contributed by atoms with van der Waals surface area (Å²) in [6, 6.07) is 8.99. The molecule has 2 heterocycles. The van der Waals surface area contributed by atoms with Crippen molar-refractivity contribution < 1.29 is 13.2 Å². The lowest BCUT2D eigenvalue weighted by Crippen LogP contribution is -2.36. The third-order valence-corrected chi connectivity index (χ3v) is 7.74. The molecule has 0 unspecified atom stereocenters. The van der Waals surface area contributed by atoms with E-state index < -0.39 is 10.0 Å². The minimum atomic E-state index is -3.60. The number of rotatable bonds is 4. The van der Waals surface area contributed by atoms with E-state index in [1.54, 1.807) is 18.2 Å². The molecule has 7 heteroatoms. The Morgan fingerprint density at radius 3 is 2.64 bits per heavy atom. The first-order valence-electron chi connectivity index (χ1n) is 8.42. The van der Waals surface area contributed by atoms with E-state index >= 15 is 0 Å². The van der Waals surface area contributed by atoms with Gasteiger partial charge in [-0.15, -0.1) is 11.3 Å². The Hall–Kier alpha value is -1.86. The Bertz CT molecular complexity index is 912. The summed E-state index contributed by atoms with van der Waals surface area (Å²) in [5, 5.41) is 0. The van der Waals surface area contributed by atoms with Crippen LogP contribution in [0.25, 0.3) is 0 Å². The fourth-order valence-electron chi connectivity index (χ4n) is 3.04. The standard InChI is InChI=1S/C18H20N2O3S2/c1-12-2-6-15(7-3-12)19-25(22,23)17-10-14-11-20(9-8-16(14)24-17)18(21)13-4-5-13/h2-3,6-7,10,13,19H,4-5,8-9,11H2,1H3. The SMILES string of the molecule is Cc1ccc(NS(=O)(=O)c2cc3c(s2)CCN(C(=O)C2CC2)C3)cc1. The lowest BCUT2D eigenvalue weighted by molar-refractivity contribution is -0.133. The highest BCUT2D eigenvalue weighted by Gasteiger charge is 2.35. The highest BCUT2D eigenvalue weighted by atomic mass is 32.2. The molecular formula is C18H20N2O3S2. The van der Waals surface area contributed by atoms with Crippen LogP contribution in [0.3, 0.4) is 0 Å². The quantitative estimate of drug-likeness (QED) is 0.891. The normalized spacial score (nSPS) is 17.2. The van der Waals surface area contributed by atoms with E-state index in [0.29, 0.717) is 23.0 Å². The molecule has 1 aromatic carbocycles. The van der Waals surface area contributed by atoms with Crippen LogP contribution in [0.4, 0.5) is 5.69 Å². The number of sulfonamides is 1. The van der Waals surface area contributed by atoms with E-state index in [-0.39, 0.29) is 11.8 Å². The van der Waals surface area contributed by atoms with Crippen molar-refractivity contribution in [3.8, 4) is 0 Å². The van der Waals surface area contributed by atoms with Gasteiger partial charge in [0.25, 0.3) is 10.0 Å². The van der Waals surface area contributed by atoms with Crippen molar-refractivity contribution in [2.24, 2.45) is 5.92 Å². The van der Waals surface area contributed by atoms with Crippen LogP contribution in [-0.4, -0.2) is 25.8 Å². The van der Waals surface area contributed by atoms with Crippen molar-refractivity contribution >= 4 is 33.0 Å². The van der Waals surface area contributed by atoms with Crippen LogP contribution in [0.5, 0.6) is 0 Å². The van der Waals surface area contributed by atoms with E-state index in [4.69, 9.17) is 0 Å². The van der Waals surface area contributed by atoms with Crippen molar-refractivity contribution in [3.63, 3.8) is 0 Å². The summed E-state index contributed by atoms with van der Waals surface area (Å²) >= 11 is 1.31. The van der Waals surface area contributed by atoms with Crippen LogP contribution in [-0.2, 0) is 27.8 Å². The van der Waals surface area contributed by atoms with Gasteiger partial charge < -0.3 is 4.90 Å². The van der Waals surface area contributed by atoms with Crippen LogP contribution in [0.15, 0.2) is 34.5 Å². The summed E-state index contributed by atoms with van der Waals surface area (Å²) in [6.45, 7) is 3.18. The monoisotopic (exact) mass is 376 g/mol. The average molecular weight is 377 g/mol. The number of hydrogen-bond acceptors (Lipinski definition) is 4. The molecule has 5 nitrogen and oxygen atoms in total. The molecule has 4 rings (SSSR count). The van der Waals surface area contributed by atoms with Crippen LogP contribution < -0.4 is 4.72 Å². The smallest absolute Gasteiger partial charge is 0.271 e. The van der Waals surface area contributed by atoms with E-state index in [9.17, 15) is 13.2 Å². The number of aryl methyl sites for hydroxylation is 1. The van der Waals surface area contributed by atoms with Crippen LogP contribution >= 0.6 is 11.3 Å². The Balaban J connectivity index is 1.53. The second-order valence-electron chi connectivity index (χ2n) is 6.77. The summed E-state index contributed by atoms with van der Waals surface area (Å²) in [7, 11) is -3.60. The Kier molecular flexibility index (Phi) is 4.08. The lowest BCUT2D eigenvalue weighted by atomic mass is 10.1. The number of nitrogens with zero attached hydrogens (tertiary/aromatic N) is 1. The molecule has 1 amide bonds. The molecule has 132 valence electrons. The number of carbonyl (C=O) groups excluding carboxylic acids is 1. The van der Waals surface area contributed by atoms with Gasteiger partial charge in [-0.2, -0.15) is 0 Å². The van der Waals surface area contributed by atoms with Crippen LogP contribution in [0, 0.1) is 12.8 Å². The Morgan fingerprint density at radius 2 is 1.96 bits per heavy atom. The van der Waals surface area contributed by atoms with Crippen molar-refractivity contribution in [2.75, 3.05) is 11.3 Å². The van der Waals surface area contributed by atoms with Gasteiger partial charge in [0.05, 0.1) is 0 Å². The maximum atomic E-state index is 12.7. The van der Waals surface area contributed by atoms with Crippen molar-refractivity contribution in [1.82, 2.24) is 4.90 Å². The van der Waals surface area contributed by atoms with Gasteiger partial charge in [0.1, 0.15) is 4.21 Å². The van der Waals surface area contributed by atoms with E-state index in [0.717, 1.165) is 35.3 Å². The molecule has 0 bridgehead atoms. The molecule has 1 saturated carbocycles. The summed E-state index contributed by atoms with van der Waals surface area (Å²) in [6.07, 6.45) is 2.72. The van der Waals surface area contributed by atoms with Gasteiger partial charge in [-0.05, 0) is 49.9 Å². The van der Waals surface area contributed by atoms with Gasteiger partial charge in [-0.25, -0.2) is 8.42 Å². The summed E-state index contributed by atoms with van der Waals surface area (Å²) in [4.78, 5) is 15.2. The summed E-state index contributed by atoms with van der Waals surface area (Å²) in [5.41, 5.74) is 2.60. The maximum absolute atomic E-state index is 12.7. The molecule has 0 radical (unpaired) electrons. The Labute approximate surface area is 151 Å². The third kappa shape index (κ3) is 3.43. The second-order valence-corrected chi connectivity index (χ2v) is 9.82. The first-order valence-corrected chi connectivity index (χ1v) is 10.7. The number of anilines is 1. The second kappa shape index (κ2) is 6.14. The molecule has 1 aliphatic carbocycles. The van der Waals surface area contributed by atoms with Crippen molar-refractivity contribution in [2.45, 2.75) is 36.9 Å². The largest absolute Gasteiger partial charge is 0.338 e. The van der Waals surface area contributed by atoms with Gasteiger partial charge in [0.2, 0.25) is 5.91 Å². The first-order chi connectivity index (χ1) is 11.9. The third-order valence-electron chi connectivity index (χ3n) is 4.65. The molecule has 1 aliphatic heterocycles. The molecule has 25 heavy (non-hydrogen) atoms. The molecule has 1 aromatic heterocycles. The summed E-state index contributed by atoms with van der Waals surface area (Å²) < 4.78 is 28.3. The molecule has 0 atom stereocenters. The Morgan fingerprint density at radius 1 is 1.24 bits per heavy atom. The highest BCUT2D eigenvalue weighted by Crippen LogP contribution is 2.35. The van der Waals surface area contributed by atoms with E-state index in [1.165, 1.54) is 11.3 Å². The van der Waals surface area contributed by atoms with Gasteiger partial charge in [0.15, 0.2) is 0 Å². The molecular weight excluding hydrogens is 356 g/mol. The zero-order valence-corrected chi connectivity index (χ0v) is 15.6. The van der Waals surface area contributed by atoms with E-state index in [1.807, 2.05) is 24.0 Å². The van der Waals surface area contributed by atoms with Gasteiger partial charge >= 0.3 is 0 Å². The number of nitrogens with one attached hydrogen (secondary N) is 1. The van der Waals surface area contributed by atoms with Crippen molar-refractivity contribution in [1.29, 1.82) is 0 Å². The number of thiophene rings is 1. The number of benzene rings is 1. The van der Waals surface area contributed by atoms with Crippen LogP contribution in [0.1, 0.15) is 28.8 Å². The maximum Gasteiger partial charge on any atom is 0.271 e. The minimum absolute atomic E-state index is 0.201. The fraction of sp³-hybridized carbons (Fsp3) is 0.389. The van der Waals surface area contributed by atoms with Gasteiger partial charge in [0, 0.05) is 29.6 Å². The molecule has 2 aromatic rings. The van der Waals surface area contributed by atoms with Crippen LogP contribution in [0.2, 0.25) is 0 Å². The zero-order valence-electron chi connectivity index (χ0n) is 14.0. The number of hydrogen-bond donors (Lipinski definition) is 1. The molecule has 1 fully saturated rings. The van der Waals surface area contributed by atoms with Gasteiger partial charge in [-0.1, -0.05) is 17.7 Å². The minimum Gasteiger partial charge on any atom is -0.338 e. The highest BCUT2D eigenvalue weighted by molar-refractivity contribution is 7.94. The molecule has 0 saturated heterocycles. The zero-order chi connectivity index (χ0) is 17.6. The predicted molar refractivity (Wildman–Crippen MR) is 98.2 cm³/mol. The topological polar surface area (TPSA) is 66.5 Å².